The van der Waals surface area contributed by atoms with Gasteiger partial charge in [0.15, 0.2) is 0 Å². The summed E-state index contributed by atoms with van der Waals surface area (Å²) in [6, 6.07) is 0.490. The molecule has 0 aromatic carbocycles. The van der Waals surface area contributed by atoms with E-state index < -0.39 is 0 Å². The van der Waals surface area contributed by atoms with Gasteiger partial charge in [-0.1, -0.05) is 34.1 Å². The average molecular weight is 215 g/mol. The number of hydrogen-bond acceptors (Lipinski definition) is 2. The summed E-state index contributed by atoms with van der Waals surface area (Å²) in [5, 5.41) is 3.34. The quantitative estimate of drug-likeness (QED) is 0.672. The second-order valence-electron chi connectivity index (χ2n) is 5.05. The predicted molar refractivity (Wildman–Crippen MR) is 67.2 cm³/mol. The topological polar surface area (TPSA) is 21.3 Å². The summed E-state index contributed by atoms with van der Waals surface area (Å²) < 4.78 is 5.87. The van der Waals surface area contributed by atoms with Gasteiger partial charge in [-0.15, -0.1) is 0 Å². The van der Waals surface area contributed by atoms with Crippen molar-refractivity contribution in [3.8, 4) is 0 Å². The largest absolute Gasteiger partial charge is 0.377 e. The molecule has 2 heteroatoms. The molecule has 3 atom stereocenters. The van der Waals surface area contributed by atoms with Crippen molar-refractivity contribution in [2.24, 2.45) is 11.8 Å². The average Bonchev–Trinajstić information content (AvgIpc) is 2.17. The van der Waals surface area contributed by atoms with Crippen LogP contribution in [0.5, 0.6) is 0 Å². The van der Waals surface area contributed by atoms with E-state index in [0.717, 1.165) is 18.9 Å². The molecule has 0 rings (SSSR count). The Kier molecular flexibility index (Phi) is 8.07. The number of rotatable bonds is 8. The predicted octanol–water partition coefficient (Wildman–Crippen LogP) is 3.07. The Morgan fingerprint density at radius 1 is 1.13 bits per heavy atom. The van der Waals surface area contributed by atoms with Gasteiger partial charge >= 0.3 is 0 Å². The Balaban J connectivity index is 3.79. The van der Waals surface area contributed by atoms with Gasteiger partial charge in [-0.05, 0) is 32.2 Å². The van der Waals surface area contributed by atoms with Crippen LogP contribution in [0.2, 0.25) is 0 Å². The second kappa shape index (κ2) is 8.12. The maximum Gasteiger partial charge on any atom is 0.0625 e. The molecule has 15 heavy (non-hydrogen) atoms. The molecule has 0 bridgehead atoms. The number of hydrogen-bond donors (Lipinski definition) is 1. The fourth-order valence-electron chi connectivity index (χ4n) is 1.82. The van der Waals surface area contributed by atoms with E-state index in [9.17, 15) is 0 Å². The Bertz CT molecular complexity index is 147. The third-order valence-corrected chi connectivity index (χ3v) is 3.07. The van der Waals surface area contributed by atoms with Gasteiger partial charge in [0.2, 0.25) is 0 Å². The molecule has 1 N–H and O–H groups in total. The molecule has 0 fully saturated rings. The van der Waals surface area contributed by atoms with Gasteiger partial charge in [0.05, 0.1) is 12.7 Å². The molecule has 0 aliphatic heterocycles. The van der Waals surface area contributed by atoms with E-state index in [1.807, 2.05) is 7.05 Å². The number of nitrogens with one attached hydrogen (secondary N) is 1. The van der Waals surface area contributed by atoms with Gasteiger partial charge in [-0.25, -0.2) is 0 Å². The molecule has 2 nitrogen and oxygen atoms in total. The second-order valence-corrected chi connectivity index (χ2v) is 5.05. The molecule has 0 radical (unpaired) electrons. The summed E-state index contributed by atoms with van der Waals surface area (Å²) in [6.07, 6.45) is 2.73. The van der Waals surface area contributed by atoms with Crippen LogP contribution in [0.3, 0.4) is 0 Å². The summed E-state index contributed by atoms with van der Waals surface area (Å²) in [5.41, 5.74) is 0. The summed E-state index contributed by atoms with van der Waals surface area (Å²) in [7, 11) is 2.02. The van der Waals surface area contributed by atoms with Crippen LogP contribution in [0.15, 0.2) is 0 Å². The zero-order valence-electron chi connectivity index (χ0n) is 11.3. The van der Waals surface area contributed by atoms with Crippen molar-refractivity contribution < 1.29 is 4.74 Å². The molecule has 0 aromatic heterocycles. The summed E-state index contributed by atoms with van der Waals surface area (Å²) >= 11 is 0. The van der Waals surface area contributed by atoms with Crippen molar-refractivity contribution >= 4 is 0 Å². The van der Waals surface area contributed by atoms with E-state index in [1.54, 1.807) is 0 Å². The van der Waals surface area contributed by atoms with Crippen molar-refractivity contribution in [3.63, 3.8) is 0 Å². The third kappa shape index (κ3) is 6.91. The maximum atomic E-state index is 5.87. The maximum absolute atomic E-state index is 5.87. The highest BCUT2D eigenvalue weighted by molar-refractivity contribution is 4.70. The van der Waals surface area contributed by atoms with Crippen LogP contribution in [0.1, 0.15) is 47.5 Å². The van der Waals surface area contributed by atoms with Crippen LogP contribution in [0.4, 0.5) is 0 Å². The summed E-state index contributed by atoms with van der Waals surface area (Å²) in [5.74, 6) is 1.40. The lowest BCUT2D eigenvalue weighted by molar-refractivity contribution is 0.0292. The zero-order chi connectivity index (χ0) is 11.8. The van der Waals surface area contributed by atoms with Crippen molar-refractivity contribution in [2.75, 3.05) is 13.7 Å². The van der Waals surface area contributed by atoms with E-state index >= 15 is 0 Å². The minimum atomic E-state index is 0.380. The Morgan fingerprint density at radius 3 is 2.13 bits per heavy atom. The smallest absolute Gasteiger partial charge is 0.0625 e. The summed E-state index contributed by atoms with van der Waals surface area (Å²) in [4.78, 5) is 0. The van der Waals surface area contributed by atoms with Gasteiger partial charge < -0.3 is 10.1 Å². The van der Waals surface area contributed by atoms with Crippen LogP contribution < -0.4 is 5.32 Å². The highest BCUT2D eigenvalue weighted by atomic mass is 16.5. The minimum Gasteiger partial charge on any atom is -0.377 e. The molecule has 3 unspecified atom stereocenters. The Morgan fingerprint density at radius 2 is 1.73 bits per heavy atom. The first kappa shape index (κ1) is 14.9. The molecule has 0 amide bonds. The Labute approximate surface area is 95.8 Å². The van der Waals surface area contributed by atoms with Crippen LogP contribution in [-0.2, 0) is 4.74 Å². The van der Waals surface area contributed by atoms with Crippen molar-refractivity contribution in [1.29, 1.82) is 0 Å². The van der Waals surface area contributed by atoms with Crippen LogP contribution in [-0.4, -0.2) is 25.8 Å². The lowest BCUT2D eigenvalue weighted by Gasteiger charge is -2.25. The van der Waals surface area contributed by atoms with Crippen molar-refractivity contribution in [2.45, 2.75) is 59.6 Å². The van der Waals surface area contributed by atoms with E-state index in [0.29, 0.717) is 18.1 Å². The number of ether oxygens (including phenoxy) is 1. The van der Waals surface area contributed by atoms with Crippen molar-refractivity contribution in [3.05, 3.63) is 0 Å². The van der Waals surface area contributed by atoms with E-state index in [1.165, 1.54) is 6.42 Å². The normalized spacial score (nSPS) is 17.8. The SMILES string of the molecule is CCC(C)C(COC(C)CC(C)C)NC. The first-order chi connectivity index (χ1) is 7.01. The molecule has 0 aliphatic rings. The van der Waals surface area contributed by atoms with Gasteiger partial charge in [0.1, 0.15) is 0 Å². The van der Waals surface area contributed by atoms with Crippen molar-refractivity contribution in [1.82, 2.24) is 5.32 Å². The monoisotopic (exact) mass is 215 g/mol. The van der Waals surface area contributed by atoms with Crippen LogP contribution in [0.25, 0.3) is 0 Å². The molecule has 0 heterocycles. The third-order valence-electron chi connectivity index (χ3n) is 3.07. The fourth-order valence-corrected chi connectivity index (χ4v) is 1.82. The van der Waals surface area contributed by atoms with Gasteiger partial charge in [0.25, 0.3) is 0 Å². The Hall–Kier alpha value is -0.0800. The molecular weight excluding hydrogens is 186 g/mol. The molecule has 0 aliphatic carbocycles. The highest BCUT2D eigenvalue weighted by Gasteiger charge is 2.15. The molecule has 0 aromatic rings. The van der Waals surface area contributed by atoms with Gasteiger partial charge in [-0.2, -0.15) is 0 Å². The molecule has 0 spiro atoms. The first-order valence-electron chi connectivity index (χ1n) is 6.30. The van der Waals surface area contributed by atoms with Gasteiger partial charge in [-0.3, -0.25) is 0 Å². The number of likely N-dealkylation sites (N-methyl/N-ethyl adjacent to an activating group) is 1. The lowest BCUT2D eigenvalue weighted by Crippen LogP contribution is -2.37. The van der Waals surface area contributed by atoms with Crippen LogP contribution in [0, 0.1) is 11.8 Å². The van der Waals surface area contributed by atoms with E-state index in [2.05, 4.69) is 39.9 Å². The molecule has 92 valence electrons. The van der Waals surface area contributed by atoms with E-state index in [4.69, 9.17) is 4.74 Å². The molecular formula is C13H29NO. The standard InChI is InChI=1S/C13H29NO/c1-7-11(4)13(14-6)9-15-12(5)8-10(2)3/h10-14H,7-9H2,1-6H3. The van der Waals surface area contributed by atoms with Gasteiger partial charge in [0, 0.05) is 6.04 Å². The zero-order valence-corrected chi connectivity index (χ0v) is 11.3. The molecule has 0 saturated carbocycles. The minimum absolute atomic E-state index is 0.380. The summed E-state index contributed by atoms with van der Waals surface area (Å²) in [6.45, 7) is 12.0. The van der Waals surface area contributed by atoms with E-state index in [-0.39, 0.29) is 0 Å². The first-order valence-corrected chi connectivity index (χ1v) is 6.30. The lowest BCUT2D eigenvalue weighted by atomic mass is 10.00. The fraction of sp³-hybridized carbons (Fsp3) is 1.00. The molecule has 0 saturated heterocycles. The van der Waals surface area contributed by atoms with Crippen LogP contribution >= 0.6 is 0 Å². The highest BCUT2D eigenvalue weighted by Crippen LogP contribution is 2.11.